The minimum absolute atomic E-state index is 0.0121. The van der Waals surface area contributed by atoms with E-state index < -0.39 is 5.97 Å². The average molecular weight is 185 g/mol. The summed E-state index contributed by atoms with van der Waals surface area (Å²) in [6, 6.07) is 0. The lowest BCUT2D eigenvalue weighted by molar-refractivity contribution is -0.140. The van der Waals surface area contributed by atoms with Gasteiger partial charge in [0.05, 0.1) is 20.1 Å². The van der Waals surface area contributed by atoms with Crippen LogP contribution in [0.1, 0.15) is 6.42 Å². The molecule has 0 aromatic heterocycles. The second-order valence-corrected chi connectivity index (χ2v) is 2.52. The zero-order valence-electron chi connectivity index (χ0n) is 7.28. The average Bonchev–Trinajstić information content (AvgIpc) is 2.08. The lowest BCUT2D eigenvalue weighted by atomic mass is 10.2. The van der Waals surface area contributed by atoms with Gasteiger partial charge in [-0.25, -0.2) is 4.79 Å². The van der Waals surface area contributed by atoms with Crippen molar-refractivity contribution in [3.8, 4) is 0 Å². The summed E-state index contributed by atoms with van der Waals surface area (Å²) >= 11 is 0. The molecule has 5 nitrogen and oxygen atoms in total. The van der Waals surface area contributed by atoms with E-state index in [0.29, 0.717) is 13.0 Å². The summed E-state index contributed by atoms with van der Waals surface area (Å²) in [6.07, 6.45) is 3.01. The minimum atomic E-state index is -0.416. The van der Waals surface area contributed by atoms with Gasteiger partial charge in [0.1, 0.15) is 6.23 Å². The number of methoxy groups -OCH3 is 1. The molecule has 13 heavy (non-hydrogen) atoms. The van der Waals surface area contributed by atoms with Gasteiger partial charge in [0.25, 0.3) is 0 Å². The van der Waals surface area contributed by atoms with Crippen molar-refractivity contribution < 1.29 is 19.1 Å². The van der Waals surface area contributed by atoms with Gasteiger partial charge in [-0.3, -0.25) is 4.79 Å². The van der Waals surface area contributed by atoms with Gasteiger partial charge < -0.3 is 14.8 Å². The molecule has 1 atom stereocenters. The molecule has 0 aliphatic carbocycles. The van der Waals surface area contributed by atoms with Crippen molar-refractivity contribution in [2.75, 3.05) is 13.7 Å². The molecule has 0 spiro atoms. The highest BCUT2D eigenvalue weighted by molar-refractivity contribution is 5.82. The van der Waals surface area contributed by atoms with Gasteiger partial charge in [0.2, 0.25) is 5.91 Å². The van der Waals surface area contributed by atoms with Crippen molar-refractivity contribution in [1.82, 2.24) is 5.32 Å². The molecule has 0 aromatic carbocycles. The lowest BCUT2D eigenvalue weighted by Gasteiger charge is -2.25. The lowest BCUT2D eigenvalue weighted by Crippen LogP contribution is -2.50. The molecule has 1 rings (SSSR count). The van der Waals surface area contributed by atoms with E-state index in [1.54, 1.807) is 0 Å². The second-order valence-electron chi connectivity index (χ2n) is 2.52. The Morgan fingerprint density at radius 1 is 1.77 bits per heavy atom. The number of hydrogen-bond acceptors (Lipinski definition) is 4. The van der Waals surface area contributed by atoms with E-state index in [9.17, 15) is 9.59 Å². The number of hydrogen-bond donors (Lipinski definition) is 1. The Labute approximate surface area is 75.7 Å². The first-order valence-corrected chi connectivity index (χ1v) is 3.88. The van der Waals surface area contributed by atoms with Gasteiger partial charge >= 0.3 is 5.97 Å². The molecule has 0 aromatic rings. The molecule has 72 valence electrons. The van der Waals surface area contributed by atoms with Crippen molar-refractivity contribution in [3.63, 3.8) is 0 Å². The molecule has 1 aliphatic rings. The van der Waals surface area contributed by atoms with Crippen LogP contribution in [0.25, 0.3) is 0 Å². The standard InChI is InChI=1S/C8H11NO4/c1-12-8(11)3-2-4-13-7-5-6(10)9-7/h2-3,7H,4-5H2,1H3,(H,9,10)/b3-2+. The molecule has 1 heterocycles. The number of carbonyl (C=O) groups is 2. The van der Waals surface area contributed by atoms with E-state index in [2.05, 4.69) is 10.1 Å². The first-order valence-electron chi connectivity index (χ1n) is 3.88. The Hall–Kier alpha value is -1.36. The highest BCUT2D eigenvalue weighted by Crippen LogP contribution is 2.04. The van der Waals surface area contributed by atoms with Crippen LogP contribution in [-0.2, 0) is 19.1 Å². The minimum Gasteiger partial charge on any atom is -0.466 e. The van der Waals surface area contributed by atoms with Crippen LogP contribution in [0.3, 0.4) is 0 Å². The Bertz CT molecular complexity index is 228. The number of rotatable bonds is 4. The number of β-lactam (4-membered cyclic amide) rings is 1. The van der Waals surface area contributed by atoms with E-state index in [4.69, 9.17) is 4.74 Å². The van der Waals surface area contributed by atoms with Gasteiger partial charge in [-0.15, -0.1) is 0 Å². The summed E-state index contributed by atoms with van der Waals surface area (Å²) in [7, 11) is 1.31. The predicted molar refractivity (Wildman–Crippen MR) is 43.7 cm³/mol. The van der Waals surface area contributed by atoms with Crippen LogP contribution < -0.4 is 5.32 Å². The molecule has 1 unspecified atom stereocenters. The molecule has 1 N–H and O–H groups in total. The van der Waals surface area contributed by atoms with Gasteiger partial charge in [-0.1, -0.05) is 6.08 Å². The molecule has 1 amide bonds. The molecule has 1 saturated heterocycles. The highest BCUT2D eigenvalue weighted by atomic mass is 16.5. The molecule has 0 saturated carbocycles. The van der Waals surface area contributed by atoms with Crippen LogP contribution in [0.15, 0.2) is 12.2 Å². The van der Waals surface area contributed by atoms with Crippen LogP contribution in [0.4, 0.5) is 0 Å². The number of carbonyl (C=O) groups excluding carboxylic acids is 2. The van der Waals surface area contributed by atoms with Gasteiger partial charge in [-0.2, -0.15) is 0 Å². The molecule has 1 fully saturated rings. The van der Waals surface area contributed by atoms with Crippen molar-refractivity contribution in [2.45, 2.75) is 12.6 Å². The maximum atomic E-state index is 10.6. The fourth-order valence-corrected chi connectivity index (χ4v) is 0.811. The number of esters is 1. The summed E-state index contributed by atoms with van der Waals surface area (Å²) < 4.78 is 9.48. The highest BCUT2D eigenvalue weighted by Gasteiger charge is 2.24. The third-order valence-electron chi connectivity index (χ3n) is 1.54. The van der Waals surface area contributed by atoms with Crippen molar-refractivity contribution in [3.05, 3.63) is 12.2 Å². The van der Waals surface area contributed by atoms with Crippen LogP contribution >= 0.6 is 0 Å². The summed E-state index contributed by atoms with van der Waals surface area (Å²) in [6.45, 7) is 0.292. The Balaban J connectivity index is 2.04. The third kappa shape index (κ3) is 3.25. The number of amides is 1. The molecular weight excluding hydrogens is 174 g/mol. The molecule has 0 bridgehead atoms. The van der Waals surface area contributed by atoms with E-state index >= 15 is 0 Å². The largest absolute Gasteiger partial charge is 0.466 e. The molecule has 0 radical (unpaired) electrons. The fourth-order valence-electron chi connectivity index (χ4n) is 0.811. The van der Waals surface area contributed by atoms with Gasteiger partial charge in [0.15, 0.2) is 0 Å². The summed E-state index contributed by atoms with van der Waals surface area (Å²) in [4.78, 5) is 21.0. The van der Waals surface area contributed by atoms with Crippen molar-refractivity contribution >= 4 is 11.9 Å². The third-order valence-corrected chi connectivity index (χ3v) is 1.54. The SMILES string of the molecule is COC(=O)/C=C/COC1CC(=O)N1. The first-order chi connectivity index (χ1) is 6.22. The number of ether oxygens (including phenoxy) is 2. The van der Waals surface area contributed by atoms with E-state index in [1.165, 1.54) is 19.3 Å². The molecule has 5 heteroatoms. The summed E-state index contributed by atoms with van der Waals surface area (Å²) in [5.74, 6) is -0.428. The number of nitrogens with one attached hydrogen (secondary N) is 1. The topological polar surface area (TPSA) is 64.6 Å². The summed E-state index contributed by atoms with van der Waals surface area (Å²) in [5, 5.41) is 2.53. The van der Waals surface area contributed by atoms with E-state index in [0.717, 1.165) is 0 Å². The molecule has 1 aliphatic heterocycles. The predicted octanol–water partition coefficient (Wildman–Crippen LogP) is -0.422. The fraction of sp³-hybridized carbons (Fsp3) is 0.500. The smallest absolute Gasteiger partial charge is 0.330 e. The first kappa shape index (κ1) is 9.73. The quantitative estimate of drug-likeness (QED) is 0.367. The van der Waals surface area contributed by atoms with Crippen molar-refractivity contribution in [2.24, 2.45) is 0 Å². The van der Waals surface area contributed by atoms with Crippen LogP contribution in [0.2, 0.25) is 0 Å². The monoisotopic (exact) mass is 185 g/mol. The summed E-state index contributed by atoms with van der Waals surface area (Å²) in [5.41, 5.74) is 0. The van der Waals surface area contributed by atoms with Crippen LogP contribution in [0, 0.1) is 0 Å². The second kappa shape index (κ2) is 4.61. The van der Waals surface area contributed by atoms with E-state index in [-0.39, 0.29) is 12.1 Å². The van der Waals surface area contributed by atoms with Crippen LogP contribution in [0.5, 0.6) is 0 Å². The van der Waals surface area contributed by atoms with Crippen LogP contribution in [-0.4, -0.2) is 31.8 Å². The maximum Gasteiger partial charge on any atom is 0.330 e. The Morgan fingerprint density at radius 2 is 2.46 bits per heavy atom. The van der Waals surface area contributed by atoms with E-state index in [1.807, 2.05) is 0 Å². The maximum absolute atomic E-state index is 10.6. The molecular formula is C8H11NO4. The zero-order valence-corrected chi connectivity index (χ0v) is 7.28. The van der Waals surface area contributed by atoms with Gasteiger partial charge in [0, 0.05) is 6.08 Å². The Morgan fingerprint density at radius 3 is 3.00 bits per heavy atom. The van der Waals surface area contributed by atoms with Gasteiger partial charge in [-0.05, 0) is 0 Å². The zero-order chi connectivity index (χ0) is 9.68. The normalized spacial score (nSPS) is 21.0. The van der Waals surface area contributed by atoms with Crippen molar-refractivity contribution in [1.29, 1.82) is 0 Å². The Kier molecular flexibility index (Phi) is 3.45.